The van der Waals surface area contributed by atoms with E-state index in [-0.39, 0.29) is 17.8 Å². The number of amides is 1. The Kier molecular flexibility index (Phi) is 5.54. The molecule has 0 aliphatic carbocycles. The normalized spacial score (nSPS) is 18.6. The van der Waals surface area contributed by atoms with Crippen LogP contribution in [0.4, 0.5) is 4.39 Å². The molecule has 1 amide bonds. The summed E-state index contributed by atoms with van der Waals surface area (Å²) in [6, 6.07) is 8.84. The lowest BCUT2D eigenvalue weighted by Crippen LogP contribution is -2.43. The smallest absolute Gasteiger partial charge is 0.237 e. The van der Waals surface area contributed by atoms with Crippen molar-refractivity contribution in [2.24, 2.45) is 0 Å². The van der Waals surface area contributed by atoms with Crippen LogP contribution >= 0.6 is 11.3 Å². The topological polar surface area (TPSA) is 23.6 Å². The summed E-state index contributed by atoms with van der Waals surface area (Å²) in [4.78, 5) is 18.3. The van der Waals surface area contributed by atoms with E-state index in [0.29, 0.717) is 12.6 Å². The first-order chi connectivity index (χ1) is 12.0. The quantitative estimate of drug-likeness (QED) is 0.788. The summed E-state index contributed by atoms with van der Waals surface area (Å²) in [6.45, 7) is 5.52. The van der Waals surface area contributed by atoms with Crippen LogP contribution in [0.1, 0.15) is 48.4 Å². The van der Waals surface area contributed by atoms with Gasteiger partial charge in [0, 0.05) is 24.5 Å². The van der Waals surface area contributed by atoms with E-state index in [2.05, 4.69) is 23.3 Å². The third kappa shape index (κ3) is 3.77. The van der Waals surface area contributed by atoms with Gasteiger partial charge in [-0.05, 0) is 54.5 Å². The maximum atomic E-state index is 13.1. The summed E-state index contributed by atoms with van der Waals surface area (Å²) in [5.41, 5.74) is 2.34. The largest absolute Gasteiger partial charge is 0.338 e. The Morgan fingerprint density at radius 3 is 2.76 bits per heavy atom. The highest BCUT2D eigenvalue weighted by molar-refractivity contribution is 7.10. The Hall–Kier alpha value is -1.72. The Morgan fingerprint density at radius 1 is 1.36 bits per heavy atom. The molecule has 0 unspecified atom stereocenters. The van der Waals surface area contributed by atoms with Gasteiger partial charge in [0.1, 0.15) is 5.82 Å². The molecule has 1 aliphatic rings. The zero-order valence-corrected chi connectivity index (χ0v) is 15.9. The number of fused-ring (bicyclic) bond motifs is 1. The Bertz CT molecular complexity index is 728. The number of rotatable bonds is 5. The first-order valence-corrected chi connectivity index (χ1v) is 9.70. The van der Waals surface area contributed by atoms with Crippen molar-refractivity contribution in [3.8, 4) is 0 Å². The van der Waals surface area contributed by atoms with Crippen LogP contribution in [-0.4, -0.2) is 35.8 Å². The molecular weight excluding hydrogens is 335 g/mol. The molecule has 3 nitrogen and oxygen atoms in total. The first-order valence-electron chi connectivity index (χ1n) is 8.82. The minimum Gasteiger partial charge on any atom is -0.338 e. The van der Waals surface area contributed by atoms with Crippen molar-refractivity contribution >= 4 is 17.2 Å². The highest BCUT2D eigenvalue weighted by Gasteiger charge is 2.29. The second kappa shape index (κ2) is 7.67. The molecular formula is C20H25FN2OS. The zero-order valence-electron chi connectivity index (χ0n) is 15.0. The molecule has 0 fully saturated rings. The van der Waals surface area contributed by atoms with Gasteiger partial charge >= 0.3 is 0 Å². The minimum absolute atomic E-state index is 0.0744. The molecule has 0 N–H and O–H groups in total. The number of thiophene rings is 1. The molecule has 25 heavy (non-hydrogen) atoms. The predicted octanol–water partition coefficient (Wildman–Crippen LogP) is 4.42. The molecule has 0 radical (unpaired) electrons. The third-order valence-corrected chi connectivity index (χ3v) is 6.25. The molecule has 0 bridgehead atoms. The average molecular weight is 360 g/mol. The van der Waals surface area contributed by atoms with Crippen LogP contribution in [0.3, 0.4) is 0 Å². The summed E-state index contributed by atoms with van der Waals surface area (Å²) in [5, 5.41) is 2.15. The number of halogens is 1. The van der Waals surface area contributed by atoms with E-state index in [4.69, 9.17) is 0 Å². The molecule has 1 aliphatic heterocycles. The summed E-state index contributed by atoms with van der Waals surface area (Å²) in [7, 11) is 1.83. The van der Waals surface area contributed by atoms with Gasteiger partial charge in [0.05, 0.1) is 12.6 Å². The second-order valence-corrected chi connectivity index (χ2v) is 7.68. The molecule has 0 saturated carbocycles. The Balaban J connectivity index is 1.68. The standard InChI is InChI=1S/C20H25FN2OS/c1-4-18-17-10-12-25-19(17)9-11-23(18)13-20(24)22(3)14(2)15-5-7-16(21)8-6-15/h5-8,10,12,14,18H,4,9,11,13H2,1-3H3/t14-,18+/m0/s1. The fourth-order valence-electron chi connectivity index (χ4n) is 3.58. The van der Waals surface area contributed by atoms with Crippen LogP contribution in [0.2, 0.25) is 0 Å². The van der Waals surface area contributed by atoms with Crippen LogP contribution in [0.15, 0.2) is 35.7 Å². The molecule has 2 atom stereocenters. The number of carbonyl (C=O) groups excluding carboxylic acids is 1. The lowest BCUT2D eigenvalue weighted by atomic mass is 9.98. The van der Waals surface area contributed by atoms with Crippen LogP contribution in [0.5, 0.6) is 0 Å². The summed E-state index contributed by atoms with van der Waals surface area (Å²) in [6.07, 6.45) is 2.03. The van der Waals surface area contributed by atoms with Gasteiger partial charge in [-0.2, -0.15) is 0 Å². The Morgan fingerprint density at radius 2 is 2.08 bits per heavy atom. The first kappa shape index (κ1) is 18.1. The van der Waals surface area contributed by atoms with Crippen LogP contribution in [0, 0.1) is 5.82 Å². The van der Waals surface area contributed by atoms with Gasteiger partial charge in [-0.25, -0.2) is 4.39 Å². The van der Waals surface area contributed by atoms with E-state index in [9.17, 15) is 9.18 Å². The predicted molar refractivity (Wildman–Crippen MR) is 100 cm³/mol. The van der Waals surface area contributed by atoms with E-state index in [0.717, 1.165) is 24.9 Å². The van der Waals surface area contributed by atoms with Crippen LogP contribution in [0.25, 0.3) is 0 Å². The molecule has 0 saturated heterocycles. The maximum absolute atomic E-state index is 13.1. The van der Waals surface area contributed by atoms with E-state index < -0.39 is 0 Å². The monoisotopic (exact) mass is 360 g/mol. The van der Waals surface area contributed by atoms with E-state index in [1.54, 1.807) is 17.0 Å². The van der Waals surface area contributed by atoms with Gasteiger partial charge in [-0.1, -0.05) is 19.1 Å². The number of likely N-dealkylation sites (N-methyl/N-ethyl adjacent to an activating group) is 1. The molecule has 5 heteroatoms. The van der Waals surface area contributed by atoms with Crippen molar-refractivity contribution in [3.05, 3.63) is 57.5 Å². The van der Waals surface area contributed by atoms with Crippen molar-refractivity contribution in [1.82, 2.24) is 9.80 Å². The van der Waals surface area contributed by atoms with Crippen molar-refractivity contribution in [1.29, 1.82) is 0 Å². The number of nitrogens with zero attached hydrogens (tertiary/aromatic N) is 2. The minimum atomic E-state index is -0.254. The van der Waals surface area contributed by atoms with E-state index in [1.165, 1.54) is 22.6 Å². The van der Waals surface area contributed by atoms with Crippen molar-refractivity contribution in [3.63, 3.8) is 0 Å². The maximum Gasteiger partial charge on any atom is 0.237 e. The van der Waals surface area contributed by atoms with Crippen molar-refractivity contribution in [2.45, 2.75) is 38.8 Å². The van der Waals surface area contributed by atoms with Crippen LogP contribution < -0.4 is 0 Å². The zero-order chi connectivity index (χ0) is 18.0. The van der Waals surface area contributed by atoms with Gasteiger partial charge < -0.3 is 4.90 Å². The number of carbonyl (C=O) groups is 1. The summed E-state index contributed by atoms with van der Waals surface area (Å²) >= 11 is 1.82. The van der Waals surface area contributed by atoms with E-state index >= 15 is 0 Å². The van der Waals surface area contributed by atoms with Gasteiger partial charge in [0.15, 0.2) is 0 Å². The van der Waals surface area contributed by atoms with Crippen LogP contribution in [-0.2, 0) is 11.2 Å². The second-order valence-electron chi connectivity index (χ2n) is 6.68. The summed E-state index contributed by atoms with van der Waals surface area (Å²) in [5.74, 6) is -0.149. The molecule has 0 spiro atoms. The summed E-state index contributed by atoms with van der Waals surface area (Å²) < 4.78 is 13.1. The molecule has 1 aromatic heterocycles. The molecule has 3 rings (SSSR count). The van der Waals surface area contributed by atoms with Crippen molar-refractivity contribution < 1.29 is 9.18 Å². The lowest BCUT2D eigenvalue weighted by molar-refractivity contribution is -0.133. The fourth-order valence-corrected chi connectivity index (χ4v) is 4.51. The van der Waals surface area contributed by atoms with Gasteiger partial charge in [-0.3, -0.25) is 9.69 Å². The van der Waals surface area contributed by atoms with Crippen molar-refractivity contribution in [2.75, 3.05) is 20.1 Å². The Labute approximate surface area is 153 Å². The number of hydrogen-bond donors (Lipinski definition) is 0. The molecule has 1 aromatic carbocycles. The number of benzene rings is 1. The number of hydrogen-bond acceptors (Lipinski definition) is 3. The molecule has 134 valence electrons. The highest BCUT2D eigenvalue weighted by Crippen LogP contribution is 2.35. The fraction of sp³-hybridized carbons (Fsp3) is 0.450. The van der Waals surface area contributed by atoms with Gasteiger partial charge in [0.25, 0.3) is 0 Å². The SMILES string of the molecule is CC[C@@H]1c2ccsc2CCN1CC(=O)N(C)[C@@H](C)c1ccc(F)cc1. The highest BCUT2D eigenvalue weighted by atomic mass is 32.1. The molecule has 2 heterocycles. The molecule has 2 aromatic rings. The van der Waals surface area contributed by atoms with Gasteiger partial charge in [0.2, 0.25) is 5.91 Å². The average Bonchev–Trinajstić information content (AvgIpc) is 3.09. The van der Waals surface area contributed by atoms with Gasteiger partial charge in [-0.15, -0.1) is 11.3 Å². The lowest BCUT2D eigenvalue weighted by Gasteiger charge is -2.36. The third-order valence-electron chi connectivity index (χ3n) is 5.26. The van der Waals surface area contributed by atoms with E-state index in [1.807, 2.05) is 25.3 Å².